The van der Waals surface area contributed by atoms with Crippen LogP contribution in [0.15, 0.2) is 24.7 Å². The largest absolute Gasteiger partial charge is 0.469 e. The van der Waals surface area contributed by atoms with Gasteiger partial charge in [-0.25, -0.2) is 15.0 Å². The second-order valence-electron chi connectivity index (χ2n) is 8.58. The lowest BCUT2D eigenvalue weighted by Crippen LogP contribution is -2.42. The monoisotopic (exact) mass is 461 g/mol. The molecule has 0 radical (unpaired) electrons. The summed E-state index contributed by atoms with van der Waals surface area (Å²) < 4.78 is 10.4. The Morgan fingerprint density at radius 2 is 1.91 bits per heavy atom. The summed E-state index contributed by atoms with van der Waals surface area (Å²) in [5, 5.41) is 3.61. The summed E-state index contributed by atoms with van der Waals surface area (Å²) >= 11 is 5.86. The second-order valence-corrected chi connectivity index (χ2v) is 8.91. The molecule has 2 aromatic rings. The Balaban J connectivity index is 1.99. The number of pyridine rings is 1. The zero-order valence-electron chi connectivity index (χ0n) is 19.2. The van der Waals surface area contributed by atoms with Crippen LogP contribution in [-0.4, -0.2) is 53.8 Å². The highest BCUT2D eigenvalue weighted by molar-refractivity contribution is 6.28. The maximum Gasteiger partial charge on any atom is 0.306 e. The summed E-state index contributed by atoms with van der Waals surface area (Å²) in [5.74, 6) is 1.05. The standard InChI is InChI=1S/C23H32ClN5O3/c1-15(2)14-29(19-5-7-32-8-6-19)22-20(28-18-12-26-23(24)27-13-18)10-17(11-25-22)16(3)9-21(30)31-4/h10-13,15-16,19,28H,5-9,14H2,1-4H3/t16-/m1/s1. The molecule has 0 amide bonds. The molecule has 0 bridgehead atoms. The van der Waals surface area contributed by atoms with Crippen molar-refractivity contribution in [1.82, 2.24) is 15.0 Å². The van der Waals surface area contributed by atoms with Gasteiger partial charge in [-0.15, -0.1) is 0 Å². The minimum atomic E-state index is -0.245. The van der Waals surface area contributed by atoms with Gasteiger partial charge in [-0.3, -0.25) is 4.79 Å². The molecule has 0 aromatic carbocycles. The van der Waals surface area contributed by atoms with E-state index in [9.17, 15) is 4.79 Å². The number of anilines is 3. The minimum absolute atomic E-state index is 0.0346. The first-order valence-corrected chi connectivity index (χ1v) is 11.4. The molecule has 0 aliphatic carbocycles. The van der Waals surface area contributed by atoms with Crippen LogP contribution in [0.25, 0.3) is 0 Å². The van der Waals surface area contributed by atoms with E-state index in [1.54, 1.807) is 12.4 Å². The number of hydrogen-bond donors (Lipinski definition) is 1. The lowest BCUT2D eigenvalue weighted by atomic mass is 9.98. The summed E-state index contributed by atoms with van der Waals surface area (Å²) in [4.78, 5) is 27.2. The Labute approximate surface area is 194 Å². The van der Waals surface area contributed by atoms with Gasteiger partial charge in [-0.1, -0.05) is 20.8 Å². The number of hydrogen-bond acceptors (Lipinski definition) is 8. The summed E-state index contributed by atoms with van der Waals surface area (Å²) in [5.41, 5.74) is 2.51. The molecule has 0 spiro atoms. The molecule has 0 unspecified atom stereocenters. The van der Waals surface area contributed by atoms with Gasteiger partial charge in [0.15, 0.2) is 5.82 Å². The third-order valence-electron chi connectivity index (χ3n) is 5.52. The number of carbonyl (C=O) groups is 1. The number of nitrogens with zero attached hydrogens (tertiary/aromatic N) is 4. The van der Waals surface area contributed by atoms with Crippen molar-refractivity contribution >= 4 is 34.8 Å². The van der Waals surface area contributed by atoms with Crippen LogP contribution in [0.2, 0.25) is 5.28 Å². The van der Waals surface area contributed by atoms with Gasteiger partial charge >= 0.3 is 5.97 Å². The highest BCUT2D eigenvalue weighted by Gasteiger charge is 2.26. The van der Waals surface area contributed by atoms with Crippen LogP contribution in [0.3, 0.4) is 0 Å². The highest BCUT2D eigenvalue weighted by atomic mass is 35.5. The summed E-state index contributed by atoms with van der Waals surface area (Å²) in [7, 11) is 1.40. The fraction of sp³-hybridized carbons (Fsp3) is 0.565. The average Bonchev–Trinajstić information content (AvgIpc) is 2.79. The van der Waals surface area contributed by atoms with Crippen LogP contribution in [0.1, 0.15) is 51.5 Å². The number of carbonyl (C=O) groups excluding carboxylic acids is 1. The first-order chi connectivity index (χ1) is 15.4. The fourth-order valence-electron chi connectivity index (χ4n) is 3.85. The molecule has 3 heterocycles. The average molecular weight is 462 g/mol. The van der Waals surface area contributed by atoms with Crippen molar-refractivity contribution in [3.8, 4) is 0 Å². The van der Waals surface area contributed by atoms with Crippen LogP contribution in [0.5, 0.6) is 0 Å². The fourth-order valence-corrected chi connectivity index (χ4v) is 3.94. The van der Waals surface area contributed by atoms with Gasteiger partial charge in [0.25, 0.3) is 0 Å². The van der Waals surface area contributed by atoms with E-state index in [0.717, 1.165) is 49.7 Å². The smallest absolute Gasteiger partial charge is 0.306 e. The van der Waals surface area contributed by atoms with Gasteiger partial charge in [0, 0.05) is 32.0 Å². The molecule has 174 valence electrons. The quantitative estimate of drug-likeness (QED) is 0.428. The Hall–Kier alpha value is -2.45. The second kappa shape index (κ2) is 11.4. The number of nitrogens with one attached hydrogen (secondary N) is 1. The van der Waals surface area contributed by atoms with Crippen molar-refractivity contribution in [2.45, 2.75) is 52.0 Å². The predicted molar refractivity (Wildman–Crippen MR) is 126 cm³/mol. The summed E-state index contributed by atoms with van der Waals surface area (Å²) in [6.45, 7) is 8.79. The summed E-state index contributed by atoms with van der Waals surface area (Å²) in [6, 6.07) is 2.40. The number of aromatic nitrogens is 3. The molecule has 1 aliphatic rings. The van der Waals surface area contributed by atoms with Crippen LogP contribution >= 0.6 is 11.6 Å². The SMILES string of the molecule is COC(=O)C[C@@H](C)c1cnc(N(CC(C)C)C2CCOCC2)c(Nc2cnc(Cl)nc2)c1. The molecule has 1 fully saturated rings. The number of halogens is 1. The van der Waals surface area contributed by atoms with Gasteiger partial charge < -0.3 is 19.7 Å². The molecule has 1 aliphatic heterocycles. The zero-order valence-corrected chi connectivity index (χ0v) is 19.9. The van der Waals surface area contributed by atoms with Crippen LogP contribution in [-0.2, 0) is 14.3 Å². The molecule has 0 saturated carbocycles. The number of esters is 1. The van der Waals surface area contributed by atoms with Crippen molar-refractivity contribution in [2.75, 3.05) is 37.1 Å². The van der Waals surface area contributed by atoms with Gasteiger partial charge in [0.05, 0.1) is 37.3 Å². The number of rotatable bonds is 9. The molecular weight excluding hydrogens is 430 g/mol. The van der Waals surface area contributed by atoms with Gasteiger partial charge in [0.2, 0.25) is 5.28 Å². The van der Waals surface area contributed by atoms with Crippen molar-refractivity contribution < 1.29 is 14.3 Å². The maximum absolute atomic E-state index is 11.8. The molecular formula is C23H32ClN5O3. The van der Waals surface area contributed by atoms with Gasteiger partial charge in [-0.2, -0.15) is 0 Å². The van der Waals surface area contributed by atoms with E-state index in [1.807, 2.05) is 13.1 Å². The number of ether oxygens (including phenoxy) is 2. The van der Waals surface area contributed by atoms with Crippen LogP contribution in [0.4, 0.5) is 17.2 Å². The number of methoxy groups -OCH3 is 1. The van der Waals surface area contributed by atoms with Gasteiger partial charge in [0.1, 0.15) is 0 Å². The van der Waals surface area contributed by atoms with Crippen LogP contribution < -0.4 is 10.2 Å². The molecule has 1 saturated heterocycles. The molecule has 9 heteroatoms. The first kappa shape index (κ1) is 24.2. The van der Waals surface area contributed by atoms with E-state index in [4.69, 9.17) is 26.1 Å². The molecule has 3 rings (SSSR count). The Kier molecular flexibility index (Phi) is 8.64. The molecule has 1 atom stereocenters. The lowest BCUT2D eigenvalue weighted by molar-refractivity contribution is -0.140. The molecule has 2 aromatic heterocycles. The van der Waals surface area contributed by atoms with Crippen molar-refractivity contribution in [2.24, 2.45) is 5.92 Å². The Bertz CT molecular complexity index is 888. The van der Waals surface area contributed by atoms with Crippen LogP contribution in [0, 0.1) is 5.92 Å². The van der Waals surface area contributed by atoms with E-state index in [-0.39, 0.29) is 23.6 Å². The molecule has 32 heavy (non-hydrogen) atoms. The molecule has 8 nitrogen and oxygen atoms in total. The van der Waals surface area contributed by atoms with E-state index < -0.39 is 0 Å². The van der Waals surface area contributed by atoms with Crippen molar-refractivity contribution in [1.29, 1.82) is 0 Å². The maximum atomic E-state index is 11.8. The third-order valence-corrected chi connectivity index (χ3v) is 5.72. The summed E-state index contributed by atoms with van der Waals surface area (Å²) in [6.07, 6.45) is 7.35. The zero-order chi connectivity index (χ0) is 23.1. The third kappa shape index (κ3) is 6.53. The van der Waals surface area contributed by atoms with Gasteiger partial charge in [-0.05, 0) is 47.9 Å². The lowest BCUT2D eigenvalue weighted by Gasteiger charge is -2.37. The van der Waals surface area contributed by atoms with Crippen molar-refractivity contribution in [3.05, 3.63) is 35.5 Å². The van der Waals surface area contributed by atoms with Crippen molar-refractivity contribution in [3.63, 3.8) is 0 Å². The molecule has 1 N–H and O–H groups in total. The predicted octanol–water partition coefficient (Wildman–Crippen LogP) is 4.58. The highest BCUT2D eigenvalue weighted by Crippen LogP contribution is 2.34. The normalized spacial score (nSPS) is 15.4. The minimum Gasteiger partial charge on any atom is -0.469 e. The van der Waals surface area contributed by atoms with E-state index in [2.05, 4.69) is 40.1 Å². The van der Waals surface area contributed by atoms with E-state index in [0.29, 0.717) is 17.6 Å². The van der Waals surface area contributed by atoms with E-state index >= 15 is 0 Å². The van der Waals surface area contributed by atoms with E-state index in [1.165, 1.54) is 7.11 Å². The first-order valence-electron chi connectivity index (χ1n) is 11.0. The Morgan fingerprint density at radius 3 is 2.53 bits per heavy atom. The topological polar surface area (TPSA) is 89.5 Å². The Morgan fingerprint density at radius 1 is 1.22 bits per heavy atom.